The summed E-state index contributed by atoms with van der Waals surface area (Å²) in [5.74, 6) is -2.82. The number of likely N-dealkylation sites (tertiary alicyclic amines) is 1. The van der Waals surface area contributed by atoms with Crippen molar-refractivity contribution >= 4 is 63.0 Å². The summed E-state index contributed by atoms with van der Waals surface area (Å²) in [5.41, 5.74) is 7.19. The standard InChI is InChI=1S/C46H55F2N13O4/c1-49-32-23-40(53-61-38(24-50-42(32)61)44(64)51-29-6-7-29)59-17-13-31-33(4-3-5-34(31)59)58-16-12-28(26-58)25-55-15-14-39(46(47,48)27-55)57-20-18-56(19-21-57)30-8-9-35-37(22-30)54(2)45(65)60(35)36-10-11-41(62)52-43(36)63/h3-5,8-9,22-24,28-29,36,39,49H,6-7,10-21,25-27H2,1-2H3,(H,51,64)(H,52,62,63)/t28-,36?,39-/m0/s1. The molecule has 5 aromatic rings. The van der Waals surface area contributed by atoms with E-state index in [2.05, 4.69) is 53.8 Å². The van der Waals surface area contributed by atoms with Crippen LogP contribution in [0, 0.1) is 5.92 Å². The summed E-state index contributed by atoms with van der Waals surface area (Å²) < 4.78 is 36.9. The summed E-state index contributed by atoms with van der Waals surface area (Å²) >= 11 is 0. The number of alkyl halides is 2. The summed E-state index contributed by atoms with van der Waals surface area (Å²) in [5, 5.41) is 13.6. The number of anilines is 5. The van der Waals surface area contributed by atoms with Crippen molar-refractivity contribution in [1.29, 1.82) is 0 Å². The van der Waals surface area contributed by atoms with Crippen LogP contribution in [0.25, 0.3) is 16.7 Å². The van der Waals surface area contributed by atoms with Crippen molar-refractivity contribution in [2.75, 3.05) is 92.5 Å². The highest BCUT2D eigenvalue weighted by molar-refractivity contribution is 6.00. The van der Waals surface area contributed by atoms with Crippen LogP contribution in [0.15, 0.2) is 53.5 Å². The summed E-state index contributed by atoms with van der Waals surface area (Å²) in [4.78, 5) is 66.0. The molecule has 0 radical (unpaired) electrons. The Labute approximate surface area is 374 Å². The Balaban J connectivity index is 0.709. The van der Waals surface area contributed by atoms with Crippen LogP contribution in [0.3, 0.4) is 0 Å². The first-order valence-corrected chi connectivity index (χ1v) is 23.1. The van der Waals surface area contributed by atoms with E-state index in [1.807, 2.05) is 41.1 Å². The fraction of sp³-hybridized carbons (Fsp3) is 0.522. The molecule has 342 valence electrons. The van der Waals surface area contributed by atoms with Gasteiger partial charge in [0.05, 0.1) is 35.5 Å². The Morgan fingerprint density at radius 1 is 0.892 bits per heavy atom. The van der Waals surface area contributed by atoms with Gasteiger partial charge < -0.3 is 25.3 Å². The molecule has 1 aliphatic carbocycles. The van der Waals surface area contributed by atoms with Crippen molar-refractivity contribution in [3.63, 3.8) is 0 Å². The van der Waals surface area contributed by atoms with Crippen LogP contribution in [0.5, 0.6) is 0 Å². The molecule has 5 aliphatic heterocycles. The number of rotatable bonds is 10. The molecule has 1 saturated carbocycles. The number of amides is 3. The Bertz CT molecular complexity index is 2770. The van der Waals surface area contributed by atoms with E-state index in [4.69, 9.17) is 5.10 Å². The zero-order valence-corrected chi connectivity index (χ0v) is 36.8. The molecule has 6 aliphatic rings. The maximum atomic E-state index is 16.1. The van der Waals surface area contributed by atoms with E-state index >= 15 is 8.78 Å². The lowest BCUT2D eigenvalue weighted by Gasteiger charge is -2.47. The van der Waals surface area contributed by atoms with Crippen LogP contribution in [-0.2, 0) is 23.1 Å². The van der Waals surface area contributed by atoms with Crippen LogP contribution in [0.1, 0.15) is 60.6 Å². The van der Waals surface area contributed by atoms with Crippen molar-refractivity contribution in [3.8, 4) is 0 Å². The number of aryl methyl sites for hydroxylation is 1. The van der Waals surface area contributed by atoms with E-state index in [0.29, 0.717) is 68.1 Å². The van der Waals surface area contributed by atoms with E-state index in [0.717, 1.165) is 68.2 Å². The zero-order valence-electron chi connectivity index (χ0n) is 36.8. The van der Waals surface area contributed by atoms with Gasteiger partial charge >= 0.3 is 5.69 Å². The average Bonchev–Trinajstić information content (AvgIpc) is 3.58. The van der Waals surface area contributed by atoms with Gasteiger partial charge in [0, 0.05) is 114 Å². The third kappa shape index (κ3) is 7.45. The van der Waals surface area contributed by atoms with Gasteiger partial charge in [-0.25, -0.2) is 23.1 Å². The molecular formula is C46H55F2N13O4. The van der Waals surface area contributed by atoms with Crippen LogP contribution in [0.2, 0.25) is 0 Å². The molecule has 0 bridgehead atoms. The number of halogens is 2. The number of piperazine rings is 1. The summed E-state index contributed by atoms with van der Waals surface area (Å²) in [6, 6.07) is 12.7. The highest BCUT2D eigenvalue weighted by atomic mass is 19.3. The predicted octanol–water partition coefficient (Wildman–Crippen LogP) is 3.35. The maximum absolute atomic E-state index is 16.1. The number of imidazole rings is 2. The maximum Gasteiger partial charge on any atom is 0.329 e. The van der Waals surface area contributed by atoms with Gasteiger partial charge in [0.15, 0.2) is 17.2 Å². The monoisotopic (exact) mass is 891 g/mol. The molecule has 0 spiro atoms. The molecule has 17 nitrogen and oxygen atoms in total. The van der Waals surface area contributed by atoms with Crippen LogP contribution in [0.4, 0.5) is 37.3 Å². The first-order valence-electron chi connectivity index (χ1n) is 23.1. The highest BCUT2D eigenvalue weighted by Crippen LogP contribution is 2.42. The van der Waals surface area contributed by atoms with E-state index < -0.39 is 23.9 Å². The van der Waals surface area contributed by atoms with Gasteiger partial charge in [0.1, 0.15) is 6.04 Å². The van der Waals surface area contributed by atoms with Gasteiger partial charge in [0.25, 0.3) is 11.8 Å². The Kier molecular flexibility index (Phi) is 10.3. The highest BCUT2D eigenvalue weighted by Gasteiger charge is 2.48. The third-order valence-corrected chi connectivity index (χ3v) is 14.6. The number of aromatic nitrogens is 5. The minimum atomic E-state index is -2.85. The molecule has 4 saturated heterocycles. The molecule has 3 amide bonds. The van der Waals surface area contributed by atoms with Gasteiger partial charge in [0.2, 0.25) is 11.8 Å². The first kappa shape index (κ1) is 41.6. The van der Waals surface area contributed by atoms with Crippen molar-refractivity contribution in [2.24, 2.45) is 13.0 Å². The lowest BCUT2D eigenvalue weighted by molar-refractivity contribution is -0.135. The number of imide groups is 1. The second-order valence-electron chi connectivity index (χ2n) is 18.7. The summed E-state index contributed by atoms with van der Waals surface area (Å²) in [7, 11) is 3.52. The van der Waals surface area contributed by atoms with E-state index in [1.165, 1.54) is 20.4 Å². The van der Waals surface area contributed by atoms with Gasteiger partial charge in [-0.05, 0) is 74.8 Å². The molecule has 11 rings (SSSR count). The van der Waals surface area contributed by atoms with Crippen LogP contribution < -0.4 is 36.3 Å². The number of carbonyl (C=O) groups excluding carboxylic acids is 3. The fourth-order valence-electron chi connectivity index (χ4n) is 11.1. The molecule has 3 atom stereocenters. The topological polar surface area (TPSA) is 161 Å². The smallest absolute Gasteiger partial charge is 0.329 e. The lowest BCUT2D eigenvalue weighted by Crippen LogP contribution is -2.62. The molecule has 3 N–H and O–H groups in total. The molecular weight excluding hydrogens is 837 g/mol. The minimum absolute atomic E-state index is 0.172. The number of hydrogen-bond donors (Lipinski definition) is 3. The Morgan fingerprint density at radius 3 is 2.48 bits per heavy atom. The van der Waals surface area contributed by atoms with Gasteiger partial charge in [-0.2, -0.15) is 0 Å². The van der Waals surface area contributed by atoms with Crippen molar-refractivity contribution in [2.45, 2.75) is 69.0 Å². The molecule has 65 heavy (non-hydrogen) atoms. The van der Waals surface area contributed by atoms with E-state index in [-0.39, 0.29) is 48.9 Å². The second kappa shape index (κ2) is 16.1. The number of carbonyl (C=O) groups is 3. The fourth-order valence-corrected chi connectivity index (χ4v) is 11.1. The third-order valence-electron chi connectivity index (χ3n) is 14.6. The molecule has 5 fully saturated rings. The van der Waals surface area contributed by atoms with Gasteiger partial charge in [-0.15, -0.1) is 5.10 Å². The summed E-state index contributed by atoms with van der Waals surface area (Å²) in [6.07, 6.45) is 6.20. The quantitative estimate of drug-likeness (QED) is 0.176. The second-order valence-corrected chi connectivity index (χ2v) is 18.7. The Morgan fingerprint density at radius 2 is 1.71 bits per heavy atom. The molecule has 1 unspecified atom stereocenters. The van der Waals surface area contributed by atoms with Gasteiger partial charge in [-0.3, -0.25) is 38.6 Å². The zero-order chi connectivity index (χ0) is 44.7. The number of hydrogen-bond acceptors (Lipinski definition) is 12. The van der Waals surface area contributed by atoms with Crippen LogP contribution in [-0.4, -0.2) is 142 Å². The molecule has 8 heterocycles. The van der Waals surface area contributed by atoms with Crippen LogP contribution >= 0.6 is 0 Å². The number of piperidine rings is 2. The van der Waals surface area contributed by atoms with E-state index in [9.17, 15) is 19.2 Å². The Hall–Kier alpha value is -6.08. The molecule has 19 heteroatoms. The predicted molar refractivity (Wildman–Crippen MR) is 243 cm³/mol. The number of nitrogens with one attached hydrogen (secondary N) is 3. The number of fused-ring (bicyclic) bond motifs is 3. The van der Waals surface area contributed by atoms with Gasteiger partial charge in [-0.1, -0.05) is 6.07 Å². The molecule has 3 aromatic heterocycles. The molecule has 2 aromatic carbocycles. The normalized spacial score (nSPS) is 24.0. The van der Waals surface area contributed by atoms with Crippen molar-refractivity contribution < 1.29 is 23.2 Å². The lowest BCUT2D eigenvalue weighted by atomic mass is 9.96. The minimum Gasteiger partial charge on any atom is -0.385 e. The largest absolute Gasteiger partial charge is 0.385 e. The summed E-state index contributed by atoms with van der Waals surface area (Å²) in [6.45, 7) is 5.63. The van der Waals surface area contributed by atoms with E-state index in [1.54, 1.807) is 17.8 Å². The average molecular weight is 892 g/mol. The van der Waals surface area contributed by atoms with Crippen molar-refractivity contribution in [3.05, 3.63) is 70.4 Å². The number of benzene rings is 2. The first-order chi connectivity index (χ1) is 31.4. The number of nitrogens with zero attached hydrogens (tertiary/aromatic N) is 10. The SMILES string of the molecule is CNc1cc(N2CCc3c(N4CC[C@@H](CN5CC[C@H](N6CCN(c7ccc8c(c7)n(C)c(=O)n8C7CCC(=O)NC7=O)CC6)C(F)(F)C5)C4)cccc32)nn2c(C(=O)NC3CC3)cnc12. The van der Waals surface area contributed by atoms with Crippen molar-refractivity contribution in [1.82, 2.24) is 44.2 Å².